The Morgan fingerprint density at radius 1 is 1.60 bits per heavy atom. The zero-order chi connectivity index (χ0) is 11.4. The lowest BCUT2D eigenvalue weighted by Crippen LogP contribution is -2.18. The van der Waals surface area contributed by atoms with Gasteiger partial charge in [-0.1, -0.05) is 0 Å². The van der Waals surface area contributed by atoms with Gasteiger partial charge in [0, 0.05) is 11.6 Å². The van der Waals surface area contributed by atoms with E-state index < -0.39 is 16.4 Å². The molecule has 0 aliphatic carbocycles. The molecule has 80 valence electrons. The molecule has 15 heavy (non-hydrogen) atoms. The van der Waals surface area contributed by atoms with Gasteiger partial charge in [-0.15, -0.1) is 0 Å². The topological polar surface area (TPSA) is 72.2 Å². The van der Waals surface area contributed by atoms with Gasteiger partial charge >= 0.3 is 5.69 Å². The lowest BCUT2D eigenvalue weighted by molar-refractivity contribution is -0.387. The smallest absolute Gasteiger partial charge is 0.304 e. The predicted molar refractivity (Wildman–Crippen MR) is 51.3 cm³/mol. The number of carbonyl (C=O) groups excluding carboxylic acids is 1. The molecule has 0 radical (unpaired) electrons. The van der Waals surface area contributed by atoms with Crippen LogP contribution in [0.4, 0.5) is 10.1 Å². The standard InChI is InChI=1S/C9H9FN2O3/c1-11-5-9(13)6-2-3-8(12(14)15)7(10)4-6/h2-4,11H,5H2,1H3. The van der Waals surface area contributed by atoms with E-state index in [1.54, 1.807) is 7.05 Å². The van der Waals surface area contributed by atoms with Gasteiger partial charge in [0.2, 0.25) is 5.82 Å². The number of nitro benzene ring substituents is 1. The Balaban J connectivity index is 3.01. The van der Waals surface area contributed by atoms with Crippen LogP contribution in [0.2, 0.25) is 0 Å². The van der Waals surface area contributed by atoms with Crippen LogP contribution < -0.4 is 5.32 Å². The van der Waals surface area contributed by atoms with E-state index in [-0.39, 0.29) is 17.9 Å². The molecule has 0 amide bonds. The van der Waals surface area contributed by atoms with Crippen LogP contribution in [0, 0.1) is 15.9 Å². The van der Waals surface area contributed by atoms with Crippen molar-refractivity contribution in [3.63, 3.8) is 0 Å². The predicted octanol–water partition coefficient (Wildman–Crippen LogP) is 1.14. The Hall–Kier alpha value is -1.82. The summed E-state index contributed by atoms with van der Waals surface area (Å²) in [4.78, 5) is 20.7. The summed E-state index contributed by atoms with van der Waals surface area (Å²) in [6.07, 6.45) is 0. The molecule has 1 aromatic rings. The minimum Gasteiger partial charge on any atom is -0.313 e. The summed E-state index contributed by atoms with van der Waals surface area (Å²) >= 11 is 0. The van der Waals surface area contributed by atoms with Gasteiger partial charge in [0.25, 0.3) is 0 Å². The Morgan fingerprint density at radius 2 is 2.27 bits per heavy atom. The first-order chi connectivity index (χ1) is 7.06. The average Bonchev–Trinajstić information content (AvgIpc) is 2.17. The second-order valence-corrected chi connectivity index (χ2v) is 2.88. The van der Waals surface area contributed by atoms with E-state index in [9.17, 15) is 19.3 Å². The molecule has 1 rings (SSSR count). The normalized spacial score (nSPS) is 10.0. The minimum absolute atomic E-state index is 0.0667. The maximum absolute atomic E-state index is 13.1. The van der Waals surface area contributed by atoms with Gasteiger partial charge in [0.1, 0.15) is 0 Å². The molecule has 5 nitrogen and oxygen atoms in total. The maximum atomic E-state index is 13.1. The lowest BCUT2D eigenvalue weighted by Gasteiger charge is -2.00. The molecular formula is C9H9FN2O3. The molecule has 1 aromatic carbocycles. The van der Waals surface area contributed by atoms with Crippen LogP contribution in [0.5, 0.6) is 0 Å². The Labute approximate surface area is 85.1 Å². The van der Waals surface area contributed by atoms with Gasteiger partial charge in [0.15, 0.2) is 5.78 Å². The molecule has 6 heteroatoms. The zero-order valence-corrected chi connectivity index (χ0v) is 7.99. The summed E-state index contributed by atoms with van der Waals surface area (Å²) in [6.45, 7) is 0.0667. The molecule has 0 saturated carbocycles. The van der Waals surface area contributed by atoms with E-state index >= 15 is 0 Å². The molecule has 0 fully saturated rings. The Bertz CT molecular complexity index is 406. The van der Waals surface area contributed by atoms with Crippen LogP contribution in [0.25, 0.3) is 0 Å². The lowest BCUT2D eigenvalue weighted by atomic mass is 10.1. The summed E-state index contributed by atoms with van der Waals surface area (Å²) in [6, 6.07) is 3.09. The number of likely N-dealkylation sites (N-methyl/N-ethyl adjacent to an activating group) is 1. The van der Waals surface area contributed by atoms with Crippen molar-refractivity contribution in [3.05, 3.63) is 39.7 Å². The van der Waals surface area contributed by atoms with Crippen LogP contribution in [0.15, 0.2) is 18.2 Å². The number of benzene rings is 1. The summed E-state index contributed by atoms with van der Waals surface area (Å²) < 4.78 is 13.1. The number of halogens is 1. The Morgan fingerprint density at radius 3 is 2.73 bits per heavy atom. The molecule has 0 atom stereocenters. The monoisotopic (exact) mass is 212 g/mol. The van der Waals surface area contributed by atoms with E-state index in [4.69, 9.17) is 0 Å². The fourth-order valence-electron chi connectivity index (χ4n) is 1.09. The number of hydrogen-bond donors (Lipinski definition) is 1. The Kier molecular flexibility index (Phi) is 3.46. The van der Waals surface area contributed by atoms with Crippen molar-refractivity contribution in [1.29, 1.82) is 0 Å². The molecule has 0 aliphatic heterocycles. The highest BCUT2D eigenvalue weighted by atomic mass is 19.1. The number of rotatable bonds is 4. The third kappa shape index (κ3) is 2.57. The molecular weight excluding hydrogens is 203 g/mol. The first kappa shape index (κ1) is 11.3. The molecule has 0 spiro atoms. The number of nitrogens with one attached hydrogen (secondary N) is 1. The van der Waals surface area contributed by atoms with Gasteiger partial charge in [-0.25, -0.2) is 0 Å². The van der Waals surface area contributed by atoms with Crippen LogP contribution in [-0.2, 0) is 0 Å². The van der Waals surface area contributed by atoms with E-state index in [1.165, 1.54) is 6.07 Å². The fourth-order valence-corrected chi connectivity index (χ4v) is 1.09. The number of nitrogens with zero attached hydrogens (tertiary/aromatic N) is 1. The van der Waals surface area contributed by atoms with Crippen molar-refractivity contribution >= 4 is 11.5 Å². The highest BCUT2D eigenvalue weighted by Gasteiger charge is 2.15. The summed E-state index contributed by atoms with van der Waals surface area (Å²) in [5, 5.41) is 12.9. The van der Waals surface area contributed by atoms with Gasteiger partial charge < -0.3 is 5.32 Å². The van der Waals surface area contributed by atoms with Crippen LogP contribution >= 0.6 is 0 Å². The zero-order valence-electron chi connectivity index (χ0n) is 7.99. The van der Waals surface area contributed by atoms with E-state index in [0.717, 1.165) is 12.1 Å². The van der Waals surface area contributed by atoms with E-state index in [2.05, 4.69) is 5.32 Å². The quantitative estimate of drug-likeness (QED) is 0.461. The summed E-state index contributed by atoms with van der Waals surface area (Å²) in [5.41, 5.74) is -0.511. The average molecular weight is 212 g/mol. The second-order valence-electron chi connectivity index (χ2n) is 2.88. The summed E-state index contributed by atoms with van der Waals surface area (Å²) in [5.74, 6) is -1.31. The molecule has 0 saturated heterocycles. The summed E-state index contributed by atoms with van der Waals surface area (Å²) in [7, 11) is 1.58. The third-order valence-electron chi connectivity index (χ3n) is 1.80. The van der Waals surface area contributed by atoms with Crippen molar-refractivity contribution in [1.82, 2.24) is 5.32 Å². The van der Waals surface area contributed by atoms with Crippen molar-refractivity contribution in [2.75, 3.05) is 13.6 Å². The van der Waals surface area contributed by atoms with E-state index in [0.29, 0.717) is 0 Å². The second kappa shape index (κ2) is 4.61. The molecule has 0 unspecified atom stereocenters. The molecule has 1 N–H and O–H groups in total. The first-order valence-electron chi connectivity index (χ1n) is 4.18. The third-order valence-corrected chi connectivity index (χ3v) is 1.80. The van der Waals surface area contributed by atoms with Gasteiger partial charge in [-0.05, 0) is 19.2 Å². The number of ketones is 1. The molecule has 0 heterocycles. The van der Waals surface area contributed by atoms with Crippen LogP contribution in [0.3, 0.4) is 0 Å². The minimum atomic E-state index is -0.998. The number of hydrogen-bond acceptors (Lipinski definition) is 4. The number of Topliss-reactive ketones (excluding diaryl/α,β-unsaturated/α-hetero) is 1. The molecule has 0 aliphatic rings. The van der Waals surface area contributed by atoms with Gasteiger partial charge in [-0.3, -0.25) is 14.9 Å². The fraction of sp³-hybridized carbons (Fsp3) is 0.222. The largest absolute Gasteiger partial charge is 0.313 e. The van der Waals surface area contributed by atoms with Crippen LogP contribution in [-0.4, -0.2) is 24.3 Å². The molecule has 0 aromatic heterocycles. The maximum Gasteiger partial charge on any atom is 0.304 e. The van der Waals surface area contributed by atoms with Crippen molar-refractivity contribution in [2.45, 2.75) is 0 Å². The highest BCUT2D eigenvalue weighted by Crippen LogP contribution is 2.17. The number of carbonyl (C=O) groups is 1. The van der Waals surface area contributed by atoms with Gasteiger partial charge in [-0.2, -0.15) is 4.39 Å². The van der Waals surface area contributed by atoms with Crippen molar-refractivity contribution < 1.29 is 14.1 Å². The SMILES string of the molecule is CNCC(=O)c1ccc([N+](=O)[O-])c(F)c1. The number of nitro groups is 1. The van der Waals surface area contributed by atoms with Gasteiger partial charge in [0.05, 0.1) is 11.5 Å². The molecule has 0 bridgehead atoms. The van der Waals surface area contributed by atoms with Crippen molar-refractivity contribution in [3.8, 4) is 0 Å². The van der Waals surface area contributed by atoms with E-state index in [1.807, 2.05) is 0 Å². The van der Waals surface area contributed by atoms with Crippen LogP contribution in [0.1, 0.15) is 10.4 Å². The first-order valence-corrected chi connectivity index (χ1v) is 4.18. The highest BCUT2D eigenvalue weighted by molar-refractivity contribution is 5.97. The van der Waals surface area contributed by atoms with Crippen molar-refractivity contribution in [2.24, 2.45) is 0 Å².